The molecule has 0 aliphatic rings. The largest absolute Gasteiger partial charge is 0.465 e. The Bertz CT molecular complexity index is 738. The van der Waals surface area contributed by atoms with Crippen LogP contribution in [0.4, 0.5) is 5.82 Å². The minimum Gasteiger partial charge on any atom is -0.465 e. The Labute approximate surface area is 135 Å². The molecular formula is C13H14N4O5S. The Kier molecular flexibility index (Phi) is 5.16. The van der Waals surface area contributed by atoms with Gasteiger partial charge in [0.15, 0.2) is 11.7 Å². The molecule has 1 atom stereocenters. The zero-order valence-electron chi connectivity index (χ0n) is 12.5. The third-order valence-corrected chi connectivity index (χ3v) is 3.90. The van der Waals surface area contributed by atoms with E-state index in [9.17, 15) is 19.7 Å². The van der Waals surface area contributed by atoms with Crippen LogP contribution in [-0.4, -0.2) is 37.8 Å². The van der Waals surface area contributed by atoms with E-state index in [1.165, 1.54) is 22.2 Å². The molecule has 2 aromatic heterocycles. The van der Waals surface area contributed by atoms with Crippen molar-refractivity contribution in [3.8, 4) is 0 Å². The highest BCUT2D eigenvalue weighted by atomic mass is 32.1. The molecule has 0 fully saturated rings. The Morgan fingerprint density at radius 1 is 1.52 bits per heavy atom. The number of ether oxygens (including phenoxy) is 1. The summed E-state index contributed by atoms with van der Waals surface area (Å²) in [4.78, 5) is 42.3. The highest BCUT2D eigenvalue weighted by Gasteiger charge is 2.32. The number of carbonyl (C=O) groups is 2. The summed E-state index contributed by atoms with van der Waals surface area (Å²) in [5.74, 6) is -2.66. The number of Topliss-reactive ketones (excluding diaryl/α,β-unsaturated/α-hetero) is 1. The number of imidazole rings is 1. The first-order chi connectivity index (χ1) is 10.9. The molecule has 2 heterocycles. The van der Waals surface area contributed by atoms with Crippen LogP contribution in [0, 0.1) is 17.0 Å². The van der Waals surface area contributed by atoms with Crippen LogP contribution in [0.2, 0.25) is 0 Å². The summed E-state index contributed by atoms with van der Waals surface area (Å²) in [5, 5.41) is 12.7. The van der Waals surface area contributed by atoms with Crippen LogP contribution in [0.1, 0.15) is 23.5 Å². The number of aryl methyl sites for hydroxylation is 1. The summed E-state index contributed by atoms with van der Waals surface area (Å²) in [7, 11) is 0. The molecule has 0 radical (unpaired) electrons. The lowest BCUT2D eigenvalue weighted by molar-refractivity contribution is -0.389. The van der Waals surface area contributed by atoms with Crippen molar-refractivity contribution in [1.82, 2.24) is 14.5 Å². The summed E-state index contributed by atoms with van der Waals surface area (Å²) in [6, 6.07) is 0. The first-order valence-electron chi connectivity index (χ1n) is 6.70. The molecule has 23 heavy (non-hydrogen) atoms. The summed E-state index contributed by atoms with van der Waals surface area (Å²) in [6.45, 7) is 3.31. The zero-order chi connectivity index (χ0) is 17.0. The Hall–Kier alpha value is -2.62. The van der Waals surface area contributed by atoms with E-state index in [0.717, 1.165) is 6.20 Å². The maximum atomic E-state index is 12.5. The van der Waals surface area contributed by atoms with Crippen molar-refractivity contribution in [2.75, 3.05) is 6.61 Å². The fourth-order valence-corrected chi connectivity index (χ4v) is 2.81. The van der Waals surface area contributed by atoms with Crippen LogP contribution in [-0.2, 0) is 20.9 Å². The molecular weight excluding hydrogens is 324 g/mol. The minimum atomic E-state index is -1.14. The number of nitro groups is 1. The number of carbonyl (C=O) groups excluding carboxylic acids is 2. The van der Waals surface area contributed by atoms with Gasteiger partial charge in [-0.3, -0.25) is 9.59 Å². The highest BCUT2D eigenvalue weighted by molar-refractivity contribution is 7.10. The smallest absolute Gasteiger partial charge is 0.381 e. The Morgan fingerprint density at radius 2 is 2.26 bits per heavy atom. The number of rotatable bonds is 7. The molecule has 0 N–H and O–H groups in total. The number of ketones is 1. The second-order valence-electron chi connectivity index (χ2n) is 4.64. The molecule has 0 aliphatic heterocycles. The standard InChI is InChI=1S/C13H14N4O5S/c1-3-22-13(19)11(12-15-8(2)6-23-12)9(18)4-16-5-10(14-7-16)17(20)21/h5-7,11H,3-4H2,1-2H3/t11-/m0/s1. The second-order valence-corrected chi connectivity index (χ2v) is 5.53. The summed E-state index contributed by atoms with van der Waals surface area (Å²) in [5.41, 5.74) is 0.699. The highest BCUT2D eigenvalue weighted by Crippen LogP contribution is 2.23. The van der Waals surface area contributed by atoms with E-state index in [1.54, 1.807) is 19.2 Å². The molecule has 0 aliphatic carbocycles. The molecule has 2 aromatic rings. The molecule has 122 valence electrons. The maximum absolute atomic E-state index is 12.5. The summed E-state index contributed by atoms with van der Waals surface area (Å²) < 4.78 is 6.20. The summed E-state index contributed by atoms with van der Waals surface area (Å²) >= 11 is 1.19. The maximum Gasteiger partial charge on any atom is 0.381 e. The first kappa shape index (κ1) is 16.7. The van der Waals surface area contributed by atoms with Crippen LogP contribution in [0.5, 0.6) is 0 Å². The first-order valence-corrected chi connectivity index (χ1v) is 7.57. The van der Waals surface area contributed by atoms with Gasteiger partial charge in [-0.2, -0.15) is 0 Å². The number of aromatic nitrogens is 3. The monoisotopic (exact) mass is 338 g/mol. The van der Waals surface area contributed by atoms with Crippen LogP contribution < -0.4 is 0 Å². The lowest BCUT2D eigenvalue weighted by atomic mass is 10.1. The second kappa shape index (κ2) is 7.09. The number of nitrogens with zero attached hydrogens (tertiary/aromatic N) is 4. The molecule has 0 bridgehead atoms. The van der Waals surface area contributed by atoms with Crippen molar-refractivity contribution in [3.63, 3.8) is 0 Å². The van der Waals surface area contributed by atoms with E-state index in [1.807, 2.05) is 0 Å². The molecule has 9 nitrogen and oxygen atoms in total. The molecule has 2 rings (SSSR count). The van der Waals surface area contributed by atoms with Crippen molar-refractivity contribution in [1.29, 1.82) is 0 Å². The molecule has 0 aromatic carbocycles. The van der Waals surface area contributed by atoms with Gasteiger partial charge in [-0.05, 0) is 23.8 Å². The van der Waals surface area contributed by atoms with Gasteiger partial charge in [0.1, 0.15) is 11.2 Å². The lowest BCUT2D eigenvalue weighted by Gasteiger charge is -2.12. The summed E-state index contributed by atoms with van der Waals surface area (Å²) in [6.07, 6.45) is 2.30. The fraction of sp³-hybridized carbons (Fsp3) is 0.385. The van der Waals surface area contributed by atoms with Crippen LogP contribution >= 0.6 is 11.3 Å². The van der Waals surface area contributed by atoms with E-state index in [-0.39, 0.29) is 19.0 Å². The topological polar surface area (TPSA) is 117 Å². The van der Waals surface area contributed by atoms with Crippen LogP contribution in [0.25, 0.3) is 0 Å². The number of hydrogen-bond donors (Lipinski definition) is 0. The van der Waals surface area contributed by atoms with Gasteiger partial charge < -0.3 is 19.4 Å². The quantitative estimate of drug-likeness (QED) is 0.325. The molecule has 10 heteroatoms. The average Bonchev–Trinajstić information content (AvgIpc) is 3.09. The Morgan fingerprint density at radius 3 is 2.78 bits per heavy atom. The number of esters is 1. The SMILES string of the molecule is CCOC(=O)[C@@H](C(=O)Cn1cnc([N+](=O)[O-])c1)c1nc(C)cs1. The van der Waals surface area contributed by atoms with Crippen molar-refractivity contribution >= 4 is 28.9 Å². The van der Waals surface area contributed by atoms with Crippen LogP contribution in [0.15, 0.2) is 17.9 Å². The van der Waals surface area contributed by atoms with Gasteiger partial charge in [-0.15, -0.1) is 11.3 Å². The number of hydrogen-bond acceptors (Lipinski definition) is 8. The van der Waals surface area contributed by atoms with Crippen LogP contribution in [0.3, 0.4) is 0 Å². The van der Waals surface area contributed by atoms with Gasteiger partial charge in [-0.1, -0.05) is 0 Å². The van der Waals surface area contributed by atoms with Crippen molar-refractivity contribution in [2.45, 2.75) is 26.3 Å². The average molecular weight is 338 g/mol. The van der Waals surface area contributed by atoms with E-state index >= 15 is 0 Å². The van der Waals surface area contributed by atoms with Crippen molar-refractivity contribution in [3.05, 3.63) is 38.7 Å². The van der Waals surface area contributed by atoms with E-state index < -0.39 is 22.6 Å². The normalized spacial score (nSPS) is 11.9. The Balaban J connectivity index is 2.21. The third kappa shape index (κ3) is 3.97. The molecule has 0 spiro atoms. The van der Waals surface area contributed by atoms with Gasteiger partial charge >= 0.3 is 11.8 Å². The van der Waals surface area contributed by atoms with Gasteiger partial charge in [-0.25, -0.2) is 4.98 Å². The predicted molar refractivity (Wildman–Crippen MR) is 80.1 cm³/mol. The molecule has 0 saturated heterocycles. The van der Waals surface area contributed by atoms with Crippen molar-refractivity contribution in [2.24, 2.45) is 0 Å². The fourth-order valence-electron chi connectivity index (χ4n) is 1.90. The van der Waals surface area contributed by atoms with E-state index in [2.05, 4.69) is 9.97 Å². The van der Waals surface area contributed by atoms with Gasteiger partial charge in [0.2, 0.25) is 6.33 Å². The van der Waals surface area contributed by atoms with Gasteiger partial charge in [0.05, 0.1) is 13.2 Å². The van der Waals surface area contributed by atoms with Crippen molar-refractivity contribution < 1.29 is 19.2 Å². The van der Waals surface area contributed by atoms with Gasteiger partial charge in [0, 0.05) is 11.1 Å². The minimum absolute atomic E-state index is 0.142. The molecule has 0 amide bonds. The molecule has 0 unspecified atom stereocenters. The lowest BCUT2D eigenvalue weighted by Crippen LogP contribution is -2.27. The third-order valence-electron chi connectivity index (χ3n) is 2.87. The van der Waals surface area contributed by atoms with E-state index in [0.29, 0.717) is 10.7 Å². The molecule has 0 saturated carbocycles. The van der Waals surface area contributed by atoms with Gasteiger partial charge in [0.25, 0.3) is 0 Å². The zero-order valence-corrected chi connectivity index (χ0v) is 13.3. The van der Waals surface area contributed by atoms with E-state index in [4.69, 9.17) is 4.74 Å². The predicted octanol–water partition coefficient (Wildman–Crippen LogP) is 1.47. The number of thiazole rings is 1.